The zero-order valence-electron chi connectivity index (χ0n) is 9.67. The fraction of sp³-hybridized carbons (Fsp3) is 0.231. The van der Waals surface area contributed by atoms with Crippen LogP contribution in [-0.2, 0) is 6.54 Å². The Kier molecular flexibility index (Phi) is 4.29. The Labute approximate surface area is 109 Å². The van der Waals surface area contributed by atoms with Gasteiger partial charge in [-0.05, 0) is 18.2 Å². The Morgan fingerprint density at radius 1 is 1.39 bits per heavy atom. The summed E-state index contributed by atoms with van der Waals surface area (Å²) in [6.45, 7) is 0.542. The number of hydrogen-bond donors (Lipinski definition) is 1. The Hall–Kier alpha value is -1.90. The van der Waals surface area contributed by atoms with Crippen LogP contribution in [0.3, 0.4) is 0 Å². The van der Waals surface area contributed by atoms with Crippen molar-refractivity contribution in [3.63, 3.8) is 0 Å². The van der Waals surface area contributed by atoms with E-state index in [4.69, 9.17) is 5.11 Å². The van der Waals surface area contributed by atoms with Crippen LogP contribution in [-0.4, -0.2) is 21.5 Å². The molecule has 0 aliphatic carbocycles. The summed E-state index contributed by atoms with van der Waals surface area (Å²) >= 11 is 1.53. The summed E-state index contributed by atoms with van der Waals surface area (Å²) in [4.78, 5) is 13.5. The van der Waals surface area contributed by atoms with Gasteiger partial charge in [0.25, 0.3) is 5.56 Å². The van der Waals surface area contributed by atoms with Crippen molar-refractivity contribution in [3.8, 4) is 11.8 Å². The molecule has 0 saturated carbocycles. The van der Waals surface area contributed by atoms with Crippen molar-refractivity contribution in [1.82, 2.24) is 9.78 Å². The van der Waals surface area contributed by atoms with E-state index >= 15 is 0 Å². The molecule has 0 aliphatic heterocycles. The number of hydrogen-bond acceptors (Lipinski definition) is 4. The predicted molar refractivity (Wildman–Crippen MR) is 70.5 cm³/mol. The fourth-order valence-electron chi connectivity index (χ4n) is 1.39. The summed E-state index contributed by atoms with van der Waals surface area (Å²) in [7, 11) is 0. The SMILES string of the molecule is O=c1cccnn1Cc1ccc(C#CCCO)s1. The van der Waals surface area contributed by atoms with Crippen LogP contribution in [0, 0.1) is 11.8 Å². The zero-order chi connectivity index (χ0) is 12.8. The number of thiophene rings is 1. The third-order valence-electron chi connectivity index (χ3n) is 2.20. The Morgan fingerprint density at radius 2 is 2.28 bits per heavy atom. The normalized spacial score (nSPS) is 9.83. The first kappa shape index (κ1) is 12.6. The average Bonchev–Trinajstić information content (AvgIpc) is 2.80. The third-order valence-corrected chi connectivity index (χ3v) is 3.19. The summed E-state index contributed by atoms with van der Waals surface area (Å²) in [5, 5.41) is 12.6. The second-order valence-electron chi connectivity index (χ2n) is 3.56. The van der Waals surface area contributed by atoms with Crippen LogP contribution in [0.15, 0.2) is 35.3 Å². The monoisotopic (exact) mass is 260 g/mol. The van der Waals surface area contributed by atoms with Gasteiger partial charge in [-0.3, -0.25) is 4.79 Å². The number of aliphatic hydroxyl groups excluding tert-OH is 1. The van der Waals surface area contributed by atoms with Gasteiger partial charge in [0.1, 0.15) is 0 Å². The average molecular weight is 260 g/mol. The third kappa shape index (κ3) is 3.29. The Morgan fingerprint density at radius 3 is 3.06 bits per heavy atom. The smallest absolute Gasteiger partial charge is 0.267 e. The molecule has 0 fully saturated rings. The molecule has 18 heavy (non-hydrogen) atoms. The van der Waals surface area contributed by atoms with Crippen molar-refractivity contribution in [2.24, 2.45) is 0 Å². The van der Waals surface area contributed by atoms with Crippen LogP contribution < -0.4 is 5.56 Å². The minimum Gasteiger partial charge on any atom is -0.395 e. The maximum absolute atomic E-state index is 11.5. The van der Waals surface area contributed by atoms with Crippen molar-refractivity contribution < 1.29 is 5.11 Å². The highest BCUT2D eigenvalue weighted by atomic mass is 32.1. The van der Waals surface area contributed by atoms with Crippen LogP contribution in [0.1, 0.15) is 16.2 Å². The highest BCUT2D eigenvalue weighted by Gasteiger charge is 2.01. The van der Waals surface area contributed by atoms with E-state index < -0.39 is 0 Å². The van der Waals surface area contributed by atoms with Gasteiger partial charge < -0.3 is 5.11 Å². The lowest BCUT2D eigenvalue weighted by atomic mass is 10.4. The van der Waals surface area contributed by atoms with E-state index in [0.717, 1.165) is 9.75 Å². The second kappa shape index (κ2) is 6.15. The number of rotatable bonds is 3. The van der Waals surface area contributed by atoms with Gasteiger partial charge in [-0.25, -0.2) is 4.68 Å². The molecule has 92 valence electrons. The minimum absolute atomic E-state index is 0.0779. The van der Waals surface area contributed by atoms with Crippen LogP contribution in [0.25, 0.3) is 0 Å². The molecule has 0 saturated heterocycles. The lowest BCUT2D eigenvalue weighted by Crippen LogP contribution is -2.21. The fourth-order valence-corrected chi connectivity index (χ4v) is 2.25. The van der Waals surface area contributed by atoms with Gasteiger partial charge in [0, 0.05) is 23.6 Å². The maximum atomic E-state index is 11.5. The van der Waals surface area contributed by atoms with Crippen LogP contribution in [0.5, 0.6) is 0 Å². The van der Waals surface area contributed by atoms with Crippen molar-refractivity contribution >= 4 is 11.3 Å². The highest BCUT2D eigenvalue weighted by Crippen LogP contribution is 2.15. The van der Waals surface area contributed by atoms with Crippen LogP contribution in [0.2, 0.25) is 0 Å². The van der Waals surface area contributed by atoms with E-state index in [1.165, 1.54) is 22.1 Å². The molecule has 0 aliphatic rings. The lowest BCUT2D eigenvalue weighted by Gasteiger charge is -1.99. The molecule has 0 unspecified atom stereocenters. The lowest BCUT2D eigenvalue weighted by molar-refractivity contribution is 0.305. The molecule has 1 N–H and O–H groups in total. The molecule has 2 aromatic heterocycles. The van der Waals surface area contributed by atoms with Gasteiger partial charge in [0.2, 0.25) is 0 Å². The first-order valence-corrected chi connectivity index (χ1v) is 6.32. The molecule has 0 atom stereocenters. The van der Waals surface area contributed by atoms with Gasteiger partial charge >= 0.3 is 0 Å². The van der Waals surface area contributed by atoms with Gasteiger partial charge in [-0.15, -0.1) is 11.3 Å². The quantitative estimate of drug-likeness (QED) is 0.840. The topological polar surface area (TPSA) is 55.1 Å². The van der Waals surface area contributed by atoms with Crippen molar-refractivity contribution in [1.29, 1.82) is 0 Å². The highest BCUT2D eigenvalue weighted by molar-refractivity contribution is 7.12. The molecule has 0 aromatic carbocycles. The predicted octanol–water partition coefficient (Wildman–Crippen LogP) is 1.09. The second-order valence-corrected chi connectivity index (χ2v) is 4.73. The number of nitrogens with zero attached hydrogens (tertiary/aromatic N) is 2. The van der Waals surface area contributed by atoms with Gasteiger partial charge in [-0.1, -0.05) is 11.8 Å². The minimum atomic E-state index is -0.112. The Bertz CT molecular complexity index is 634. The van der Waals surface area contributed by atoms with E-state index in [0.29, 0.717) is 13.0 Å². The van der Waals surface area contributed by atoms with Crippen LogP contribution >= 0.6 is 11.3 Å². The van der Waals surface area contributed by atoms with Crippen molar-refractivity contribution in [3.05, 3.63) is 50.6 Å². The van der Waals surface area contributed by atoms with Crippen molar-refractivity contribution in [2.45, 2.75) is 13.0 Å². The molecule has 2 rings (SSSR count). The molecule has 5 heteroatoms. The van der Waals surface area contributed by atoms with E-state index in [2.05, 4.69) is 16.9 Å². The zero-order valence-corrected chi connectivity index (χ0v) is 10.5. The molecule has 0 spiro atoms. The van der Waals surface area contributed by atoms with Crippen LogP contribution in [0.4, 0.5) is 0 Å². The summed E-state index contributed by atoms with van der Waals surface area (Å²) < 4.78 is 1.41. The molecule has 2 aromatic rings. The molecular formula is C13H12N2O2S. The molecule has 0 amide bonds. The maximum Gasteiger partial charge on any atom is 0.267 e. The van der Waals surface area contributed by atoms with E-state index in [1.54, 1.807) is 12.3 Å². The van der Waals surface area contributed by atoms with Crippen molar-refractivity contribution in [2.75, 3.05) is 6.61 Å². The molecule has 0 bridgehead atoms. The molecular weight excluding hydrogens is 248 g/mol. The van der Waals surface area contributed by atoms with E-state index in [9.17, 15) is 4.79 Å². The van der Waals surface area contributed by atoms with Gasteiger partial charge in [0.05, 0.1) is 18.0 Å². The summed E-state index contributed by atoms with van der Waals surface area (Å²) in [5.74, 6) is 5.83. The van der Waals surface area contributed by atoms with E-state index in [1.807, 2.05) is 12.1 Å². The largest absolute Gasteiger partial charge is 0.395 e. The van der Waals surface area contributed by atoms with Gasteiger partial charge in [0.15, 0.2) is 0 Å². The Balaban J connectivity index is 2.10. The molecule has 0 radical (unpaired) electrons. The number of aromatic nitrogens is 2. The molecule has 4 nitrogen and oxygen atoms in total. The standard InChI is InChI=1S/C13H12N2O2S/c16-9-2-1-4-11-6-7-12(18-11)10-15-13(17)5-3-8-14-15/h3,5-8,16H,2,9-10H2. The molecule has 2 heterocycles. The van der Waals surface area contributed by atoms with Gasteiger partial charge in [-0.2, -0.15) is 5.10 Å². The summed E-state index contributed by atoms with van der Waals surface area (Å²) in [5.41, 5.74) is -0.112. The summed E-state index contributed by atoms with van der Waals surface area (Å²) in [6.07, 6.45) is 2.07. The first-order valence-electron chi connectivity index (χ1n) is 5.50. The first-order chi connectivity index (χ1) is 8.79. The number of aliphatic hydroxyl groups is 1. The summed E-state index contributed by atoms with van der Waals surface area (Å²) in [6, 6.07) is 6.97. The van der Waals surface area contributed by atoms with E-state index in [-0.39, 0.29) is 12.2 Å².